The zero-order valence-electron chi connectivity index (χ0n) is 15.6. The third-order valence-electron chi connectivity index (χ3n) is 4.32. The van der Waals surface area contributed by atoms with Gasteiger partial charge in [0, 0.05) is 6.42 Å². The summed E-state index contributed by atoms with van der Waals surface area (Å²) in [5, 5.41) is 4.74. The van der Waals surface area contributed by atoms with Gasteiger partial charge in [-0.3, -0.25) is 9.80 Å². The van der Waals surface area contributed by atoms with Gasteiger partial charge in [0.1, 0.15) is 23.1 Å². The minimum atomic E-state index is -0.801. The summed E-state index contributed by atoms with van der Waals surface area (Å²) >= 11 is 1.19. The molecule has 3 rings (SSSR count). The summed E-state index contributed by atoms with van der Waals surface area (Å²) in [5.41, 5.74) is 7.28. The number of rotatable bonds is 8. The fraction of sp³-hybridized carbons (Fsp3) is 0.150. The van der Waals surface area contributed by atoms with Crippen molar-refractivity contribution in [3.63, 3.8) is 0 Å². The predicted molar refractivity (Wildman–Crippen MR) is 112 cm³/mol. The monoisotopic (exact) mass is 413 g/mol. The second-order valence-electron chi connectivity index (χ2n) is 6.47. The lowest BCUT2D eigenvalue weighted by Gasteiger charge is -2.26. The molecule has 0 saturated heterocycles. The molecule has 0 aliphatic rings. The molecule has 0 bridgehead atoms. The molecular weight excluding hydrogens is 393 g/mol. The molecule has 5 N–H and O–H groups in total. The van der Waals surface area contributed by atoms with Crippen molar-refractivity contribution >= 4 is 40.1 Å². The lowest BCUT2D eigenvalue weighted by molar-refractivity contribution is -0.109. The van der Waals surface area contributed by atoms with Crippen molar-refractivity contribution in [3.05, 3.63) is 71.2 Å². The Labute approximate surface area is 171 Å². The molecule has 0 spiro atoms. The Kier molecular flexibility index (Phi) is 6.20. The Hall–Kier alpha value is -3.30. The van der Waals surface area contributed by atoms with Gasteiger partial charge in [0.15, 0.2) is 0 Å². The number of nitrogens with one attached hydrogen (secondary N) is 1. The first-order chi connectivity index (χ1) is 13.9. The quantitative estimate of drug-likeness (QED) is 0.297. The van der Waals surface area contributed by atoms with Crippen LogP contribution in [0.1, 0.15) is 21.6 Å². The number of carbonyl (C=O) groups excluding carboxylic acids is 2. The van der Waals surface area contributed by atoms with Crippen LogP contribution in [0.25, 0.3) is 0 Å². The van der Waals surface area contributed by atoms with Gasteiger partial charge in [0.25, 0.3) is 5.91 Å². The first-order valence-corrected chi connectivity index (χ1v) is 9.53. The van der Waals surface area contributed by atoms with Crippen LogP contribution in [-0.2, 0) is 11.2 Å². The van der Waals surface area contributed by atoms with Crippen molar-refractivity contribution in [2.45, 2.75) is 19.4 Å². The maximum absolute atomic E-state index is 14.7. The molecule has 0 fully saturated rings. The summed E-state index contributed by atoms with van der Waals surface area (Å²) in [7, 11) is 0. The Morgan fingerprint density at radius 2 is 2.03 bits per heavy atom. The third-order valence-corrected chi connectivity index (χ3v) is 5.11. The van der Waals surface area contributed by atoms with Crippen molar-refractivity contribution in [1.29, 1.82) is 0 Å². The van der Waals surface area contributed by atoms with Crippen molar-refractivity contribution in [1.82, 2.24) is 4.37 Å². The molecule has 1 heterocycles. The lowest BCUT2D eigenvalue weighted by Crippen LogP contribution is -2.44. The number of benzene rings is 2. The van der Waals surface area contributed by atoms with Crippen LogP contribution >= 0.6 is 11.5 Å². The van der Waals surface area contributed by atoms with Crippen LogP contribution < -0.4 is 21.9 Å². The number of amides is 1. The largest absolute Gasteiger partial charge is 0.366 e. The first-order valence-electron chi connectivity index (χ1n) is 8.76. The standard InChI is InChI=1S/C20H20FN5O2S/c1-12-7-19(29-25-12)24-17-10-18(16(21)9-15(17)20(22)28)26(23)14(11-27)8-13-5-3-2-4-6-13/h2-7,9-11,14,24H,8,23H2,1H3,(H2,22,28)/t14-/m1/s1. The van der Waals surface area contributed by atoms with Crippen LogP contribution in [0.5, 0.6) is 0 Å². The van der Waals surface area contributed by atoms with E-state index < -0.39 is 17.8 Å². The van der Waals surface area contributed by atoms with Crippen LogP contribution in [-0.4, -0.2) is 22.6 Å². The van der Waals surface area contributed by atoms with Crippen LogP contribution in [0.4, 0.5) is 20.8 Å². The minimum absolute atomic E-state index is 0.0311. The second kappa shape index (κ2) is 8.80. The number of aldehydes is 1. The van der Waals surface area contributed by atoms with Crippen molar-refractivity contribution in [2.24, 2.45) is 11.6 Å². The molecule has 7 nitrogen and oxygen atoms in total. The van der Waals surface area contributed by atoms with Crippen LogP contribution in [0, 0.1) is 12.7 Å². The first kappa shape index (κ1) is 20.4. The van der Waals surface area contributed by atoms with E-state index in [1.807, 2.05) is 37.3 Å². The van der Waals surface area contributed by atoms with Gasteiger partial charge in [0.05, 0.1) is 22.6 Å². The average molecular weight is 413 g/mol. The summed E-state index contributed by atoms with van der Waals surface area (Å²) in [5.74, 6) is 4.55. The van der Waals surface area contributed by atoms with E-state index in [9.17, 15) is 14.0 Å². The van der Waals surface area contributed by atoms with E-state index in [4.69, 9.17) is 11.6 Å². The number of hydrazine groups is 1. The summed E-state index contributed by atoms with van der Waals surface area (Å²) < 4.78 is 18.9. The molecule has 0 aliphatic heterocycles. The van der Waals surface area contributed by atoms with Gasteiger partial charge in [-0.05, 0) is 42.2 Å². The summed E-state index contributed by atoms with van der Waals surface area (Å²) in [4.78, 5) is 23.4. The summed E-state index contributed by atoms with van der Waals surface area (Å²) in [6.07, 6.45) is 0.961. The highest BCUT2D eigenvalue weighted by atomic mass is 32.1. The number of anilines is 3. The number of carbonyl (C=O) groups is 2. The van der Waals surface area contributed by atoms with Crippen LogP contribution in [0.2, 0.25) is 0 Å². The highest BCUT2D eigenvalue weighted by Gasteiger charge is 2.22. The van der Waals surface area contributed by atoms with E-state index in [-0.39, 0.29) is 16.9 Å². The minimum Gasteiger partial charge on any atom is -0.366 e. The number of nitrogens with two attached hydrogens (primary N) is 2. The Morgan fingerprint density at radius 1 is 1.31 bits per heavy atom. The van der Waals surface area contributed by atoms with E-state index in [1.165, 1.54) is 17.6 Å². The highest BCUT2D eigenvalue weighted by Crippen LogP contribution is 2.31. The maximum atomic E-state index is 14.7. The zero-order valence-corrected chi connectivity index (χ0v) is 16.4. The van der Waals surface area contributed by atoms with Gasteiger partial charge < -0.3 is 15.8 Å². The van der Waals surface area contributed by atoms with E-state index in [1.54, 1.807) is 6.07 Å². The predicted octanol–water partition coefficient (Wildman–Crippen LogP) is 2.92. The number of primary amides is 1. The van der Waals surface area contributed by atoms with Gasteiger partial charge >= 0.3 is 0 Å². The average Bonchev–Trinajstić information content (AvgIpc) is 3.12. The summed E-state index contributed by atoms with van der Waals surface area (Å²) in [6, 6.07) is 12.6. The number of nitrogens with zero attached hydrogens (tertiary/aromatic N) is 2. The zero-order chi connectivity index (χ0) is 21.0. The normalized spacial score (nSPS) is 11.7. The summed E-state index contributed by atoms with van der Waals surface area (Å²) in [6.45, 7) is 1.83. The molecule has 150 valence electrons. The van der Waals surface area contributed by atoms with E-state index in [0.29, 0.717) is 17.7 Å². The van der Waals surface area contributed by atoms with Gasteiger partial charge in [-0.25, -0.2) is 10.2 Å². The van der Waals surface area contributed by atoms with Gasteiger partial charge in [-0.15, -0.1) is 0 Å². The fourth-order valence-corrected chi connectivity index (χ4v) is 3.54. The van der Waals surface area contributed by atoms with Gasteiger partial charge in [-0.2, -0.15) is 4.37 Å². The number of halogens is 1. The van der Waals surface area contributed by atoms with Crippen molar-refractivity contribution in [3.8, 4) is 0 Å². The van der Waals surface area contributed by atoms with E-state index >= 15 is 0 Å². The molecular formula is C20H20FN5O2S. The maximum Gasteiger partial charge on any atom is 0.250 e. The number of hydrogen-bond acceptors (Lipinski definition) is 7. The Bertz CT molecular complexity index is 1020. The third kappa shape index (κ3) is 4.76. The lowest BCUT2D eigenvalue weighted by atomic mass is 10.0. The second-order valence-corrected chi connectivity index (χ2v) is 7.28. The number of aromatic nitrogens is 1. The van der Waals surface area contributed by atoms with Crippen molar-refractivity contribution < 1.29 is 14.0 Å². The molecule has 0 saturated carbocycles. The molecule has 1 atom stereocenters. The highest BCUT2D eigenvalue weighted by molar-refractivity contribution is 7.10. The molecule has 0 radical (unpaired) electrons. The van der Waals surface area contributed by atoms with Crippen LogP contribution in [0.3, 0.4) is 0 Å². The SMILES string of the molecule is Cc1cc(Nc2cc(N(N)[C@@H](C=O)Cc3ccccc3)c(F)cc2C(N)=O)sn1. The molecule has 0 aliphatic carbocycles. The van der Waals surface area contributed by atoms with Crippen LogP contribution in [0.15, 0.2) is 48.5 Å². The molecule has 29 heavy (non-hydrogen) atoms. The molecule has 1 aromatic heterocycles. The molecule has 2 aromatic carbocycles. The van der Waals surface area contributed by atoms with E-state index in [0.717, 1.165) is 22.3 Å². The van der Waals surface area contributed by atoms with Gasteiger partial charge in [-0.1, -0.05) is 30.3 Å². The number of aryl methyl sites for hydroxylation is 1. The topological polar surface area (TPSA) is 114 Å². The fourth-order valence-electron chi connectivity index (χ4n) is 2.87. The van der Waals surface area contributed by atoms with E-state index in [2.05, 4.69) is 9.69 Å². The molecule has 0 unspecified atom stereocenters. The molecule has 1 amide bonds. The Balaban J connectivity index is 1.95. The molecule has 3 aromatic rings. The van der Waals surface area contributed by atoms with Gasteiger partial charge in [0.2, 0.25) is 0 Å². The smallest absolute Gasteiger partial charge is 0.250 e. The number of hydrogen-bond donors (Lipinski definition) is 3. The molecule has 9 heteroatoms. The van der Waals surface area contributed by atoms with Crippen molar-refractivity contribution in [2.75, 3.05) is 10.3 Å². The Morgan fingerprint density at radius 3 is 2.62 bits per heavy atom.